The molecule has 4 nitrogen and oxygen atoms in total. The average Bonchev–Trinajstić information content (AvgIpc) is 2.85. The molecule has 3 aromatic rings. The monoisotopic (exact) mass is 429 g/mol. The van der Waals surface area contributed by atoms with E-state index in [9.17, 15) is 4.79 Å². The van der Waals surface area contributed by atoms with Gasteiger partial charge < -0.3 is 5.32 Å². The van der Waals surface area contributed by atoms with Gasteiger partial charge in [-0.3, -0.25) is 9.48 Å². The number of rotatable bonds is 5. The van der Waals surface area contributed by atoms with Gasteiger partial charge in [0.25, 0.3) is 0 Å². The summed E-state index contributed by atoms with van der Waals surface area (Å²) in [6.45, 7) is 3.92. The maximum absolute atomic E-state index is 12.3. The first-order chi connectivity index (χ1) is 12.4. The third kappa shape index (κ3) is 4.56. The molecule has 0 fully saturated rings. The lowest BCUT2D eigenvalue weighted by atomic mass is 10.1. The van der Waals surface area contributed by atoms with Crippen LogP contribution in [0.5, 0.6) is 0 Å². The highest BCUT2D eigenvalue weighted by molar-refractivity contribution is 9.10. The van der Waals surface area contributed by atoms with Gasteiger partial charge in [0.15, 0.2) is 0 Å². The predicted octanol–water partition coefficient (Wildman–Crippen LogP) is 5.13. The zero-order chi connectivity index (χ0) is 18.7. The molecule has 0 bridgehead atoms. The lowest BCUT2D eigenvalue weighted by Gasteiger charge is -2.07. The lowest BCUT2D eigenvalue weighted by molar-refractivity contribution is -0.115. The van der Waals surface area contributed by atoms with Gasteiger partial charge in [-0.15, -0.1) is 0 Å². The molecule has 2 aromatic carbocycles. The molecule has 1 N–H and O–H groups in total. The van der Waals surface area contributed by atoms with E-state index in [1.807, 2.05) is 62.0 Å². The Morgan fingerprint density at radius 2 is 1.65 bits per heavy atom. The van der Waals surface area contributed by atoms with Crippen LogP contribution in [-0.4, -0.2) is 15.7 Å². The van der Waals surface area contributed by atoms with Crippen molar-refractivity contribution in [3.05, 3.63) is 70.0 Å². The van der Waals surface area contributed by atoms with Crippen molar-refractivity contribution in [2.24, 2.45) is 7.05 Å². The molecule has 0 spiro atoms. The average molecular weight is 430 g/mol. The maximum atomic E-state index is 12.3. The number of benzene rings is 2. The van der Waals surface area contributed by atoms with Crippen LogP contribution in [0.4, 0.5) is 5.69 Å². The van der Waals surface area contributed by atoms with E-state index in [-0.39, 0.29) is 5.91 Å². The zero-order valence-electron chi connectivity index (χ0n) is 14.9. The molecule has 0 aliphatic carbocycles. The SMILES string of the molecule is Cc1nn(C)c(C)c1CC(=O)Nc1ccc(Sc2ccc(Br)cc2)cc1. The first kappa shape index (κ1) is 18.7. The first-order valence-corrected chi connectivity index (χ1v) is 9.86. The van der Waals surface area contributed by atoms with E-state index in [4.69, 9.17) is 0 Å². The highest BCUT2D eigenvalue weighted by Crippen LogP contribution is 2.29. The molecule has 26 heavy (non-hydrogen) atoms. The van der Waals surface area contributed by atoms with E-state index in [1.165, 1.54) is 4.90 Å². The number of hydrogen-bond acceptors (Lipinski definition) is 3. The van der Waals surface area contributed by atoms with Crippen molar-refractivity contribution < 1.29 is 4.79 Å². The quantitative estimate of drug-likeness (QED) is 0.611. The smallest absolute Gasteiger partial charge is 0.228 e. The molecule has 1 aromatic heterocycles. The highest BCUT2D eigenvalue weighted by atomic mass is 79.9. The summed E-state index contributed by atoms with van der Waals surface area (Å²) in [5.74, 6) is -0.0301. The normalized spacial score (nSPS) is 10.8. The Balaban J connectivity index is 1.61. The van der Waals surface area contributed by atoms with Crippen LogP contribution in [0.25, 0.3) is 0 Å². The van der Waals surface area contributed by atoms with Crippen LogP contribution in [0.2, 0.25) is 0 Å². The van der Waals surface area contributed by atoms with Crippen molar-refractivity contribution in [1.82, 2.24) is 9.78 Å². The molecule has 1 heterocycles. The summed E-state index contributed by atoms with van der Waals surface area (Å²) in [6.07, 6.45) is 0.334. The van der Waals surface area contributed by atoms with Crippen LogP contribution >= 0.6 is 27.7 Å². The number of hydrogen-bond donors (Lipinski definition) is 1. The van der Waals surface area contributed by atoms with Crippen molar-refractivity contribution in [3.63, 3.8) is 0 Å². The number of anilines is 1. The van der Waals surface area contributed by atoms with Gasteiger partial charge >= 0.3 is 0 Å². The third-order valence-electron chi connectivity index (χ3n) is 4.18. The van der Waals surface area contributed by atoms with Crippen molar-refractivity contribution in [2.75, 3.05) is 5.32 Å². The van der Waals surface area contributed by atoms with Gasteiger partial charge in [0, 0.05) is 38.3 Å². The second-order valence-corrected chi connectivity index (χ2v) is 8.14. The minimum atomic E-state index is -0.0301. The van der Waals surface area contributed by atoms with E-state index >= 15 is 0 Å². The lowest BCUT2D eigenvalue weighted by Crippen LogP contribution is -2.15. The van der Waals surface area contributed by atoms with Crippen LogP contribution < -0.4 is 5.32 Å². The number of carbonyl (C=O) groups excluding carboxylic acids is 1. The second kappa shape index (κ2) is 8.10. The van der Waals surface area contributed by atoms with E-state index in [0.717, 1.165) is 32.0 Å². The number of aromatic nitrogens is 2. The maximum Gasteiger partial charge on any atom is 0.228 e. The fraction of sp³-hybridized carbons (Fsp3) is 0.200. The van der Waals surface area contributed by atoms with Crippen LogP contribution in [0.1, 0.15) is 17.0 Å². The minimum Gasteiger partial charge on any atom is -0.326 e. The summed E-state index contributed by atoms with van der Waals surface area (Å²) >= 11 is 5.13. The van der Waals surface area contributed by atoms with Gasteiger partial charge in [0.1, 0.15) is 0 Å². The summed E-state index contributed by atoms with van der Waals surface area (Å²) in [5, 5.41) is 7.32. The molecule has 0 aliphatic heterocycles. The molecular formula is C20H20BrN3OS. The van der Waals surface area contributed by atoms with E-state index < -0.39 is 0 Å². The second-order valence-electron chi connectivity index (χ2n) is 6.08. The molecule has 1 amide bonds. The molecule has 0 saturated heterocycles. The van der Waals surface area contributed by atoms with Crippen LogP contribution in [0.15, 0.2) is 62.8 Å². The number of halogens is 1. The predicted molar refractivity (Wildman–Crippen MR) is 110 cm³/mol. The molecule has 0 unspecified atom stereocenters. The van der Waals surface area contributed by atoms with E-state index in [0.29, 0.717) is 6.42 Å². The standard InChI is InChI=1S/C20H20BrN3OS/c1-13-19(14(2)24(3)23-13)12-20(25)22-16-6-10-18(11-7-16)26-17-8-4-15(21)5-9-17/h4-11H,12H2,1-3H3,(H,22,25). The Bertz CT molecular complexity index is 917. The Morgan fingerprint density at radius 1 is 1.08 bits per heavy atom. The molecule has 134 valence electrons. The van der Waals surface area contributed by atoms with Gasteiger partial charge in [-0.05, 0) is 62.4 Å². The highest BCUT2D eigenvalue weighted by Gasteiger charge is 2.13. The molecule has 0 saturated carbocycles. The van der Waals surface area contributed by atoms with Crippen LogP contribution in [0.3, 0.4) is 0 Å². The Hall–Kier alpha value is -2.05. The topological polar surface area (TPSA) is 46.9 Å². The molecule has 6 heteroatoms. The molecule has 0 atom stereocenters. The largest absolute Gasteiger partial charge is 0.326 e. The number of nitrogens with zero attached hydrogens (tertiary/aromatic N) is 2. The first-order valence-electron chi connectivity index (χ1n) is 8.25. The van der Waals surface area contributed by atoms with Crippen molar-refractivity contribution in [2.45, 2.75) is 30.1 Å². The molecule has 0 radical (unpaired) electrons. The van der Waals surface area contributed by atoms with E-state index in [1.54, 1.807) is 11.8 Å². The van der Waals surface area contributed by atoms with Crippen LogP contribution in [0, 0.1) is 13.8 Å². The summed E-state index contributed by atoms with van der Waals surface area (Å²) in [5.41, 5.74) is 3.72. The summed E-state index contributed by atoms with van der Waals surface area (Å²) in [7, 11) is 1.89. The van der Waals surface area contributed by atoms with Gasteiger partial charge in [-0.1, -0.05) is 27.7 Å². The molecule has 0 aliphatic rings. The van der Waals surface area contributed by atoms with Crippen molar-refractivity contribution in [1.29, 1.82) is 0 Å². The third-order valence-corrected chi connectivity index (χ3v) is 5.73. The summed E-state index contributed by atoms with van der Waals surface area (Å²) < 4.78 is 2.88. The van der Waals surface area contributed by atoms with Crippen molar-refractivity contribution >= 4 is 39.3 Å². The van der Waals surface area contributed by atoms with Crippen molar-refractivity contribution in [3.8, 4) is 0 Å². The number of aryl methyl sites for hydroxylation is 2. The zero-order valence-corrected chi connectivity index (χ0v) is 17.3. The van der Waals surface area contributed by atoms with Gasteiger partial charge in [-0.2, -0.15) is 5.10 Å². The van der Waals surface area contributed by atoms with Gasteiger partial charge in [-0.25, -0.2) is 0 Å². The fourth-order valence-corrected chi connectivity index (χ4v) is 3.76. The van der Waals surface area contributed by atoms with Gasteiger partial charge in [0.05, 0.1) is 12.1 Å². The summed E-state index contributed by atoms with van der Waals surface area (Å²) in [6, 6.07) is 16.1. The Labute approximate surface area is 166 Å². The number of nitrogens with one attached hydrogen (secondary N) is 1. The fourth-order valence-electron chi connectivity index (χ4n) is 2.68. The van der Waals surface area contributed by atoms with E-state index in [2.05, 4.69) is 38.5 Å². The molecule has 3 rings (SSSR count). The summed E-state index contributed by atoms with van der Waals surface area (Å²) in [4.78, 5) is 14.6. The molecular weight excluding hydrogens is 410 g/mol. The van der Waals surface area contributed by atoms with Gasteiger partial charge in [0.2, 0.25) is 5.91 Å². The Morgan fingerprint density at radius 3 is 2.19 bits per heavy atom. The number of carbonyl (C=O) groups is 1. The Kier molecular flexibility index (Phi) is 5.84. The minimum absolute atomic E-state index is 0.0301. The van der Waals surface area contributed by atoms with Crippen LogP contribution in [-0.2, 0) is 18.3 Å². The number of amides is 1.